The number of para-hydroxylation sites is 1. The van der Waals surface area contributed by atoms with Crippen molar-refractivity contribution < 1.29 is 9.53 Å². The van der Waals surface area contributed by atoms with Crippen molar-refractivity contribution >= 4 is 40.6 Å². The summed E-state index contributed by atoms with van der Waals surface area (Å²) in [5, 5.41) is 6.69. The van der Waals surface area contributed by atoms with E-state index in [1.54, 1.807) is 30.3 Å². The Balaban J connectivity index is 1.61. The van der Waals surface area contributed by atoms with E-state index in [2.05, 4.69) is 15.6 Å². The van der Waals surface area contributed by atoms with Crippen LogP contribution in [-0.2, 0) is 4.74 Å². The second kappa shape index (κ2) is 7.83. The quantitative estimate of drug-likeness (QED) is 0.831. The minimum Gasteiger partial charge on any atom is -0.376 e. The lowest BCUT2D eigenvalue weighted by atomic mass is 10.2. The third-order valence-electron chi connectivity index (χ3n) is 3.76. The zero-order valence-corrected chi connectivity index (χ0v) is 14.4. The smallest absolute Gasteiger partial charge is 0.257 e. The first-order chi connectivity index (χ1) is 11.6. The summed E-state index contributed by atoms with van der Waals surface area (Å²) in [6, 6.07) is 8.51. The second-order valence-corrected chi connectivity index (χ2v) is 6.31. The molecule has 0 radical (unpaired) electrons. The molecule has 1 aromatic heterocycles. The Morgan fingerprint density at radius 3 is 2.67 bits per heavy atom. The number of aromatic nitrogens is 1. The van der Waals surface area contributed by atoms with Crippen LogP contribution in [0.25, 0.3) is 0 Å². The number of amides is 1. The van der Waals surface area contributed by atoms with Gasteiger partial charge in [-0.3, -0.25) is 4.79 Å². The number of nitrogens with one attached hydrogen (secondary N) is 2. The van der Waals surface area contributed by atoms with Gasteiger partial charge in [0.05, 0.1) is 27.4 Å². The van der Waals surface area contributed by atoms with E-state index in [4.69, 9.17) is 27.9 Å². The van der Waals surface area contributed by atoms with Gasteiger partial charge in [0.1, 0.15) is 5.82 Å². The number of nitrogens with zero attached hydrogens (tertiary/aromatic N) is 1. The van der Waals surface area contributed by atoms with E-state index >= 15 is 0 Å². The van der Waals surface area contributed by atoms with Gasteiger partial charge in [0.25, 0.3) is 5.91 Å². The molecule has 1 saturated heterocycles. The van der Waals surface area contributed by atoms with Crippen LogP contribution in [0.2, 0.25) is 10.0 Å². The highest BCUT2D eigenvalue weighted by Crippen LogP contribution is 2.30. The fourth-order valence-electron chi connectivity index (χ4n) is 2.46. The summed E-state index contributed by atoms with van der Waals surface area (Å²) in [6.45, 7) is 1.54. The highest BCUT2D eigenvalue weighted by molar-refractivity contribution is 6.40. The fraction of sp³-hybridized carbons (Fsp3) is 0.294. The number of hydrogen-bond donors (Lipinski definition) is 2. The van der Waals surface area contributed by atoms with Crippen LogP contribution in [0.4, 0.5) is 11.5 Å². The largest absolute Gasteiger partial charge is 0.376 e. The van der Waals surface area contributed by atoms with Crippen LogP contribution in [0.3, 0.4) is 0 Å². The Hall–Kier alpha value is -1.82. The molecule has 0 aliphatic carbocycles. The third-order valence-corrected chi connectivity index (χ3v) is 4.39. The van der Waals surface area contributed by atoms with Gasteiger partial charge in [0, 0.05) is 19.3 Å². The van der Waals surface area contributed by atoms with Gasteiger partial charge in [-0.05, 0) is 37.1 Å². The van der Waals surface area contributed by atoms with Crippen LogP contribution in [0.5, 0.6) is 0 Å². The number of rotatable bonds is 5. The predicted molar refractivity (Wildman–Crippen MR) is 96.1 cm³/mol. The fourth-order valence-corrected chi connectivity index (χ4v) is 2.95. The highest BCUT2D eigenvalue weighted by Gasteiger charge is 2.15. The number of anilines is 2. The second-order valence-electron chi connectivity index (χ2n) is 5.50. The Bertz CT molecular complexity index is 696. The van der Waals surface area contributed by atoms with Crippen LogP contribution < -0.4 is 10.6 Å². The molecule has 1 atom stereocenters. The molecule has 7 heteroatoms. The molecule has 126 valence electrons. The molecule has 0 bridgehead atoms. The maximum atomic E-state index is 12.3. The normalized spacial score (nSPS) is 16.8. The predicted octanol–water partition coefficient (Wildman–Crippen LogP) is 4.23. The van der Waals surface area contributed by atoms with Gasteiger partial charge in [-0.25, -0.2) is 4.98 Å². The van der Waals surface area contributed by atoms with E-state index < -0.39 is 0 Å². The van der Waals surface area contributed by atoms with Gasteiger partial charge >= 0.3 is 0 Å². The van der Waals surface area contributed by atoms with Gasteiger partial charge in [0.15, 0.2) is 0 Å². The molecule has 1 fully saturated rings. The topological polar surface area (TPSA) is 63.2 Å². The van der Waals surface area contributed by atoms with Crippen molar-refractivity contribution in [3.8, 4) is 0 Å². The molecule has 1 unspecified atom stereocenters. The first kappa shape index (κ1) is 17.0. The molecule has 1 amide bonds. The van der Waals surface area contributed by atoms with E-state index in [0.29, 0.717) is 33.7 Å². The Kier molecular flexibility index (Phi) is 5.56. The van der Waals surface area contributed by atoms with Crippen molar-refractivity contribution in [2.45, 2.75) is 18.9 Å². The molecule has 0 spiro atoms. The van der Waals surface area contributed by atoms with Crippen LogP contribution in [0.15, 0.2) is 36.5 Å². The maximum absolute atomic E-state index is 12.3. The third kappa shape index (κ3) is 4.17. The molecular formula is C17H17Cl2N3O2. The molecule has 0 saturated carbocycles. The van der Waals surface area contributed by atoms with E-state index in [0.717, 1.165) is 19.4 Å². The summed E-state index contributed by atoms with van der Waals surface area (Å²) in [7, 11) is 0. The number of halogens is 2. The molecule has 3 rings (SSSR count). The molecule has 2 N–H and O–H groups in total. The molecule has 24 heavy (non-hydrogen) atoms. The zero-order valence-electron chi connectivity index (χ0n) is 12.9. The lowest BCUT2D eigenvalue weighted by molar-refractivity contribution is 0.102. The first-order valence-electron chi connectivity index (χ1n) is 7.70. The van der Waals surface area contributed by atoms with E-state index in [-0.39, 0.29) is 12.0 Å². The number of carbonyl (C=O) groups is 1. The van der Waals surface area contributed by atoms with Crippen LogP contribution >= 0.6 is 23.2 Å². The van der Waals surface area contributed by atoms with Crippen molar-refractivity contribution in [1.29, 1.82) is 0 Å². The SMILES string of the molecule is O=C(Nc1c(Cl)cccc1Cl)c1ccc(NCC2CCCO2)nc1. The average Bonchev–Trinajstić information content (AvgIpc) is 3.10. The van der Waals surface area contributed by atoms with Gasteiger partial charge in [0.2, 0.25) is 0 Å². The minimum absolute atomic E-state index is 0.233. The Labute approximate surface area is 150 Å². The van der Waals surface area contributed by atoms with Crippen LogP contribution in [0.1, 0.15) is 23.2 Å². The summed E-state index contributed by atoms with van der Waals surface area (Å²) in [5.74, 6) is 0.390. The average molecular weight is 366 g/mol. The van der Waals surface area contributed by atoms with Crippen molar-refractivity contribution in [1.82, 2.24) is 4.98 Å². The van der Waals surface area contributed by atoms with Gasteiger partial charge in [-0.1, -0.05) is 29.3 Å². The molecule has 1 aliphatic heterocycles. The van der Waals surface area contributed by atoms with Gasteiger partial charge in [-0.15, -0.1) is 0 Å². The number of pyridine rings is 1. The summed E-state index contributed by atoms with van der Waals surface area (Å²) >= 11 is 12.1. The molecule has 2 aromatic rings. The summed E-state index contributed by atoms with van der Waals surface area (Å²) in [4.78, 5) is 16.5. The van der Waals surface area contributed by atoms with Crippen LogP contribution in [0, 0.1) is 0 Å². The molecule has 2 heterocycles. The van der Waals surface area contributed by atoms with Gasteiger partial charge in [-0.2, -0.15) is 0 Å². The van der Waals surface area contributed by atoms with Crippen molar-refractivity contribution in [3.63, 3.8) is 0 Å². The lowest BCUT2D eigenvalue weighted by Gasteiger charge is -2.12. The van der Waals surface area contributed by atoms with Crippen molar-refractivity contribution in [2.24, 2.45) is 0 Å². The standard InChI is InChI=1S/C17H17Cl2N3O2/c18-13-4-1-5-14(19)16(13)22-17(23)11-6-7-15(20-9-11)21-10-12-3-2-8-24-12/h1,4-7,9,12H,2-3,8,10H2,(H,20,21)(H,22,23). The number of benzene rings is 1. The maximum Gasteiger partial charge on any atom is 0.257 e. The summed E-state index contributed by atoms with van der Waals surface area (Å²) in [5.41, 5.74) is 0.820. The monoisotopic (exact) mass is 365 g/mol. The number of ether oxygens (including phenoxy) is 1. The van der Waals surface area contributed by atoms with Crippen molar-refractivity contribution in [3.05, 3.63) is 52.1 Å². The lowest BCUT2D eigenvalue weighted by Crippen LogP contribution is -2.19. The Morgan fingerprint density at radius 1 is 1.25 bits per heavy atom. The molecular weight excluding hydrogens is 349 g/mol. The van der Waals surface area contributed by atoms with E-state index in [1.807, 2.05) is 0 Å². The summed E-state index contributed by atoms with van der Waals surface area (Å²) < 4.78 is 5.55. The van der Waals surface area contributed by atoms with E-state index in [1.165, 1.54) is 6.20 Å². The Morgan fingerprint density at radius 2 is 2.04 bits per heavy atom. The molecule has 1 aromatic carbocycles. The number of hydrogen-bond acceptors (Lipinski definition) is 4. The highest BCUT2D eigenvalue weighted by atomic mass is 35.5. The van der Waals surface area contributed by atoms with Crippen LogP contribution in [-0.4, -0.2) is 30.1 Å². The summed E-state index contributed by atoms with van der Waals surface area (Å²) in [6.07, 6.45) is 3.91. The van der Waals surface area contributed by atoms with Gasteiger partial charge < -0.3 is 15.4 Å². The molecule has 1 aliphatic rings. The molecule has 5 nitrogen and oxygen atoms in total. The first-order valence-corrected chi connectivity index (χ1v) is 8.46. The minimum atomic E-state index is -0.317. The number of carbonyl (C=O) groups excluding carboxylic acids is 1. The van der Waals surface area contributed by atoms with E-state index in [9.17, 15) is 4.79 Å². The zero-order chi connectivity index (χ0) is 16.9. The van der Waals surface area contributed by atoms with Crippen molar-refractivity contribution in [2.75, 3.05) is 23.8 Å².